The summed E-state index contributed by atoms with van der Waals surface area (Å²) in [5.41, 5.74) is -1.24. The van der Waals surface area contributed by atoms with Crippen LogP contribution in [-0.2, 0) is 10.0 Å². The predicted octanol–water partition coefficient (Wildman–Crippen LogP) is -1.22. The molecule has 1 aromatic rings. The average molecular weight is 314 g/mol. The molecule has 1 aliphatic rings. The maximum atomic E-state index is 12.2. The molecule has 0 bridgehead atoms. The van der Waals surface area contributed by atoms with Gasteiger partial charge in [-0.1, -0.05) is 18.2 Å². The minimum atomic E-state index is -3.49. The third-order valence-corrected chi connectivity index (χ3v) is 4.10. The number of aliphatic hydroxyl groups excluding tert-OH is 1. The van der Waals surface area contributed by atoms with Crippen molar-refractivity contribution in [3.63, 3.8) is 0 Å². The molecule has 2 atom stereocenters. The van der Waals surface area contributed by atoms with Gasteiger partial charge >= 0.3 is 0 Å². The molecule has 0 radical (unpaired) electrons. The van der Waals surface area contributed by atoms with Gasteiger partial charge in [0.25, 0.3) is 5.91 Å². The second-order valence-corrected chi connectivity index (χ2v) is 7.10. The van der Waals surface area contributed by atoms with Gasteiger partial charge in [-0.15, -0.1) is 0 Å². The van der Waals surface area contributed by atoms with Crippen LogP contribution in [0.2, 0.25) is 0 Å². The Balaban J connectivity index is 2.08. The van der Waals surface area contributed by atoms with Crippen molar-refractivity contribution in [3.05, 3.63) is 35.9 Å². The fourth-order valence-electron chi connectivity index (χ4n) is 2.23. The first-order valence-corrected chi connectivity index (χ1v) is 8.30. The van der Waals surface area contributed by atoms with Gasteiger partial charge in [-0.2, -0.15) is 0 Å². The molecule has 1 heterocycles. The lowest BCUT2D eigenvalue weighted by atomic mass is 10.0. The summed E-state index contributed by atoms with van der Waals surface area (Å²) in [5, 5.41) is 20.3. The molecular formula is C13H18N2O5S. The van der Waals surface area contributed by atoms with E-state index in [1.54, 1.807) is 30.3 Å². The molecule has 1 aromatic carbocycles. The molecule has 2 rings (SSSR count). The highest BCUT2D eigenvalue weighted by Crippen LogP contribution is 2.23. The van der Waals surface area contributed by atoms with E-state index in [0.717, 1.165) is 6.26 Å². The molecule has 1 aliphatic heterocycles. The Bertz CT molecular complexity index is 619. The number of amides is 1. The molecule has 0 aromatic heterocycles. The van der Waals surface area contributed by atoms with E-state index < -0.39 is 21.7 Å². The van der Waals surface area contributed by atoms with Crippen molar-refractivity contribution in [2.45, 2.75) is 11.7 Å². The molecule has 1 fully saturated rings. The maximum absolute atomic E-state index is 12.2. The largest absolute Gasteiger partial charge is 0.388 e. The van der Waals surface area contributed by atoms with E-state index in [0.29, 0.717) is 5.56 Å². The summed E-state index contributed by atoms with van der Waals surface area (Å²) in [6.45, 7) is -0.522. The van der Waals surface area contributed by atoms with E-state index in [2.05, 4.69) is 4.72 Å². The fourth-order valence-corrected chi connectivity index (χ4v) is 2.74. The summed E-state index contributed by atoms with van der Waals surface area (Å²) in [7, 11) is -3.49. The van der Waals surface area contributed by atoms with Crippen molar-refractivity contribution in [3.8, 4) is 0 Å². The SMILES string of the molecule is CS(=O)(=O)NC[C@]1(O)CN(C(=O)c2ccccc2)C[C@H]1O. The zero-order valence-corrected chi connectivity index (χ0v) is 12.4. The number of carbonyl (C=O) groups is 1. The number of hydrogen-bond donors (Lipinski definition) is 3. The molecule has 1 saturated heterocycles. The normalized spacial score (nSPS) is 26.0. The number of hydrogen-bond acceptors (Lipinski definition) is 5. The van der Waals surface area contributed by atoms with E-state index in [1.165, 1.54) is 4.90 Å². The minimum Gasteiger partial charge on any atom is -0.388 e. The van der Waals surface area contributed by atoms with Crippen molar-refractivity contribution in [1.82, 2.24) is 9.62 Å². The summed E-state index contributed by atoms with van der Waals surface area (Å²) in [5.74, 6) is -0.315. The average Bonchev–Trinajstić information content (AvgIpc) is 2.73. The van der Waals surface area contributed by atoms with Crippen LogP contribution in [0.5, 0.6) is 0 Å². The molecule has 3 N–H and O–H groups in total. The molecule has 1 amide bonds. The lowest BCUT2D eigenvalue weighted by molar-refractivity contribution is -0.0352. The van der Waals surface area contributed by atoms with Crippen molar-refractivity contribution in [2.75, 3.05) is 25.9 Å². The van der Waals surface area contributed by atoms with Crippen molar-refractivity contribution in [1.29, 1.82) is 0 Å². The lowest BCUT2D eigenvalue weighted by Gasteiger charge is -2.25. The van der Waals surface area contributed by atoms with Crippen molar-refractivity contribution < 1.29 is 23.4 Å². The number of likely N-dealkylation sites (tertiary alicyclic amines) is 1. The summed E-state index contributed by atoms with van der Waals surface area (Å²) >= 11 is 0. The molecule has 0 unspecified atom stereocenters. The molecule has 0 spiro atoms. The second-order valence-electron chi connectivity index (χ2n) is 5.26. The second kappa shape index (κ2) is 5.72. The van der Waals surface area contributed by atoms with E-state index in [9.17, 15) is 23.4 Å². The highest BCUT2D eigenvalue weighted by Gasteiger charge is 2.46. The van der Waals surface area contributed by atoms with E-state index in [-0.39, 0.29) is 25.5 Å². The first-order chi connectivity index (χ1) is 9.71. The van der Waals surface area contributed by atoms with E-state index in [1.807, 2.05) is 0 Å². The van der Waals surface area contributed by atoms with Crippen LogP contribution >= 0.6 is 0 Å². The first kappa shape index (κ1) is 15.9. The van der Waals surface area contributed by atoms with Crippen LogP contribution < -0.4 is 4.72 Å². The molecular weight excluding hydrogens is 296 g/mol. The number of nitrogens with zero attached hydrogens (tertiary/aromatic N) is 1. The van der Waals surface area contributed by atoms with Gasteiger partial charge < -0.3 is 15.1 Å². The van der Waals surface area contributed by atoms with Crippen LogP contribution in [0.1, 0.15) is 10.4 Å². The molecule has 21 heavy (non-hydrogen) atoms. The van der Waals surface area contributed by atoms with Crippen LogP contribution in [0.4, 0.5) is 0 Å². The number of carbonyl (C=O) groups excluding carboxylic acids is 1. The molecule has 8 heteroatoms. The summed E-state index contributed by atoms with van der Waals surface area (Å²) in [6.07, 6.45) is -0.246. The highest BCUT2D eigenvalue weighted by atomic mass is 32.2. The quantitative estimate of drug-likeness (QED) is 0.646. The Morgan fingerprint density at radius 2 is 2.05 bits per heavy atom. The number of aliphatic hydroxyl groups is 2. The topological polar surface area (TPSA) is 107 Å². The Morgan fingerprint density at radius 1 is 1.43 bits per heavy atom. The fraction of sp³-hybridized carbons (Fsp3) is 0.462. The summed E-state index contributed by atoms with van der Waals surface area (Å²) in [6, 6.07) is 8.50. The van der Waals surface area contributed by atoms with Gasteiger partial charge in [-0.3, -0.25) is 4.79 Å². The van der Waals surface area contributed by atoms with Gasteiger partial charge in [0.1, 0.15) is 11.7 Å². The van der Waals surface area contributed by atoms with E-state index >= 15 is 0 Å². The Kier molecular flexibility index (Phi) is 4.33. The van der Waals surface area contributed by atoms with Crippen molar-refractivity contribution >= 4 is 15.9 Å². The number of benzene rings is 1. The smallest absolute Gasteiger partial charge is 0.254 e. The third kappa shape index (κ3) is 3.79. The molecule has 0 saturated carbocycles. The third-order valence-electron chi connectivity index (χ3n) is 3.43. The van der Waals surface area contributed by atoms with Crippen LogP contribution in [0.15, 0.2) is 30.3 Å². The van der Waals surface area contributed by atoms with Gasteiger partial charge in [0.05, 0.1) is 12.8 Å². The van der Waals surface area contributed by atoms with Gasteiger partial charge in [0.15, 0.2) is 0 Å². The summed E-state index contributed by atoms with van der Waals surface area (Å²) in [4.78, 5) is 13.6. The Morgan fingerprint density at radius 3 is 2.62 bits per heavy atom. The van der Waals surface area contributed by atoms with Crippen LogP contribution in [-0.4, -0.2) is 67.0 Å². The lowest BCUT2D eigenvalue weighted by Crippen LogP contribution is -2.51. The zero-order valence-electron chi connectivity index (χ0n) is 11.6. The number of nitrogens with one attached hydrogen (secondary N) is 1. The monoisotopic (exact) mass is 314 g/mol. The van der Waals surface area contributed by atoms with Crippen LogP contribution in [0.25, 0.3) is 0 Å². The van der Waals surface area contributed by atoms with Crippen LogP contribution in [0, 0.1) is 0 Å². The molecule has 7 nitrogen and oxygen atoms in total. The van der Waals surface area contributed by atoms with E-state index in [4.69, 9.17) is 0 Å². The van der Waals surface area contributed by atoms with Gasteiger partial charge in [0, 0.05) is 18.7 Å². The zero-order chi connectivity index (χ0) is 15.7. The Labute approximate surface area is 123 Å². The standard InChI is InChI=1S/C13H18N2O5S/c1-21(19,20)14-8-13(18)9-15(7-11(13)16)12(17)10-5-3-2-4-6-10/h2-6,11,14,16,18H,7-9H2,1H3/t11-,13+/m1/s1. The summed E-state index contributed by atoms with van der Waals surface area (Å²) < 4.78 is 24.3. The molecule has 116 valence electrons. The minimum absolute atomic E-state index is 0.0460. The van der Waals surface area contributed by atoms with Crippen molar-refractivity contribution in [2.24, 2.45) is 0 Å². The Hall–Kier alpha value is -1.48. The first-order valence-electron chi connectivity index (χ1n) is 6.41. The number of sulfonamides is 1. The van der Waals surface area contributed by atoms with Gasteiger partial charge in [-0.05, 0) is 12.1 Å². The van der Waals surface area contributed by atoms with Gasteiger partial charge in [-0.25, -0.2) is 13.1 Å². The number of rotatable bonds is 4. The van der Waals surface area contributed by atoms with Crippen LogP contribution in [0.3, 0.4) is 0 Å². The highest BCUT2D eigenvalue weighted by molar-refractivity contribution is 7.88. The predicted molar refractivity (Wildman–Crippen MR) is 76.1 cm³/mol. The molecule has 0 aliphatic carbocycles. The number of β-amino-alcohol motifs (C(OH)–C–C–N with tert-alkyl or cyclic N) is 2. The van der Waals surface area contributed by atoms with Gasteiger partial charge in [0.2, 0.25) is 10.0 Å². The maximum Gasteiger partial charge on any atom is 0.254 e.